The van der Waals surface area contributed by atoms with Crippen molar-refractivity contribution in [2.45, 2.75) is 77.8 Å². The summed E-state index contributed by atoms with van der Waals surface area (Å²) in [6.45, 7) is 6.90. The summed E-state index contributed by atoms with van der Waals surface area (Å²) in [5.74, 6) is -1.98. The second-order valence-electron chi connectivity index (χ2n) is 11.8. The number of carbonyl (C=O) groups excluding carboxylic acids is 2. The van der Waals surface area contributed by atoms with Gasteiger partial charge in [-0.2, -0.15) is 0 Å². The molecule has 2 bridgehead atoms. The van der Waals surface area contributed by atoms with Crippen molar-refractivity contribution in [1.82, 2.24) is 0 Å². The van der Waals surface area contributed by atoms with Crippen LogP contribution in [0.3, 0.4) is 0 Å². The number of nitrogens with zero attached hydrogens (tertiary/aromatic N) is 1. The molecule has 15 heteroatoms. The number of amides is 2. The van der Waals surface area contributed by atoms with E-state index in [0.29, 0.717) is 12.0 Å². The molecule has 0 saturated heterocycles. The van der Waals surface area contributed by atoms with Gasteiger partial charge in [-0.3, -0.25) is 14.4 Å². The fraction of sp³-hybridized carbons (Fsp3) is 0.531. The lowest BCUT2D eigenvalue weighted by molar-refractivity contribution is -0.112. The van der Waals surface area contributed by atoms with Crippen molar-refractivity contribution in [3.05, 3.63) is 47.1 Å². The van der Waals surface area contributed by atoms with Gasteiger partial charge in [0.05, 0.1) is 24.1 Å². The molecule has 2 amide bonds. The number of aliphatic hydroxyl groups excluding tert-OH is 1. The van der Waals surface area contributed by atoms with Crippen LogP contribution in [0.1, 0.15) is 52.5 Å². The molecule has 0 unspecified atom stereocenters. The molecule has 1 heterocycles. The summed E-state index contributed by atoms with van der Waals surface area (Å²) in [6.07, 6.45) is 3.78. The number of ether oxygens (including phenoxy) is 3. The smallest absolute Gasteiger partial charge is 0.405 e. The minimum Gasteiger partial charge on any atom is -0.506 e. The maximum Gasteiger partial charge on any atom is 0.405 e. The van der Waals surface area contributed by atoms with Crippen LogP contribution in [0.15, 0.2) is 46.5 Å². The third-order valence-electron chi connectivity index (χ3n) is 7.80. The number of fused-ring (bicyclic) bond motifs is 2. The molecular weight excluding hydrogens is 633 g/mol. The van der Waals surface area contributed by atoms with Crippen molar-refractivity contribution in [1.29, 1.82) is 0 Å². The van der Waals surface area contributed by atoms with E-state index < -0.39 is 49.9 Å². The highest BCUT2D eigenvalue weighted by Crippen LogP contribution is 2.44. The topological polar surface area (TPSA) is 230 Å². The fourth-order valence-corrected chi connectivity index (χ4v) is 5.88. The van der Waals surface area contributed by atoms with Crippen LogP contribution in [-0.2, 0) is 30.0 Å². The summed E-state index contributed by atoms with van der Waals surface area (Å²) in [5, 5.41) is 36.2. The largest absolute Gasteiger partial charge is 0.506 e. The first kappa shape index (κ1) is 39.7. The number of aliphatic hydroxyl groups is 1. The van der Waals surface area contributed by atoms with Crippen molar-refractivity contribution in [3.8, 4) is 11.5 Å². The third kappa shape index (κ3) is 12.2. The first-order chi connectivity index (χ1) is 22.0. The molecule has 6 atom stereocenters. The molecule has 8 N–H and O–H groups in total. The van der Waals surface area contributed by atoms with Crippen molar-refractivity contribution in [2.75, 3.05) is 25.7 Å². The van der Waals surface area contributed by atoms with Crippen molar-refractivity contribution in [3.63, 3.8) is 0 Å². The molecule has 14 nitrogen and oxygen atoms in total. The summed E-state index contributed by atoms with van der Waals surface area (Å²) < 4.78 is 27.8. The molecule has 0 saturated carbocycles. The second kappa shape index (κ2) is 18.1. The van der Waals surface area contributed by atoms with E-state index in [-0.39, 0.29) is 65.4 Å². The lowest BCUT2D eigenvalue weighted by Crippen LogP contribution is -2.37. The van der Waals surface area contributed by atoms with Crippen LogP contribution in [0.25, 0.3) is 0 Å². The average Bonchev–Trinajstić information content (AvgIpc) is 2.98. The van der Waals surface area contributed by atoms with E-state index in [2.05, 4.69) is 10.3 Å². The zero-order valence-electron chi connectivity index (χ0n) is 27.6. The van der Waals surface area contributed by atoms with Crippen LogP contribution < -0.4 is 11.1 Å². The van der Waals surface area contributed by atoms with Gasteiger partial charge in [0.15, 0.2) is 6.10 Å². The summed E-state index contributed by atoms with van der Waals surface area (Å²) in [7, 11) is -1.29. The number of phenols is 2. The van der Waals surface area contributed by atoms with Gasteiger partial charge in [-0.1, -0.05) is 38.2 Å². The number of hydrogen-bond donors (Lipinski definition) is 7. The highest BCUT2D eigenvalue weighted by atomic mass is 31.2. The molecule has 0 spiro atoms. The number of unbranched alkanes of at least 4 members (excludes halogenated alkanes) is 1. The van der Waals surface area contributed by atoms with Gasteiger partial charge in [0.25, 0.3) is 5.91 Å². The number of phenolic OH excluding ortho intramolecular Hbond substituents is 2. The van der Waals surface area contributed by atoms with Gasteiger partial charge in [-0.25, -0.2) is 4.79 Å². The van der Waals surface area contributed by atoms with Gasteiger partial charge < -0.3 is 50.4 Å². The number of aromatic hydroxyl groups is 2. The van der Waals surface area contributed by atoms with E-state index in [1.807, 2.05) is 6.92 Å². The SMILES string of the molecule is CO[C@H]1C=CC=C(C)C(=O)Nc2cc(O)c(N=CCCCP(=O)(O)O)c(c2O)C[C@@H](C)C[C@H](OC)[C@H](O)[C@@H](C)C=C(C)[C@@H]1OC(N)=O. The average molecular weight is 682 g/mol. The Balaban J connectivity index is 2.64. The molecule has 47 heavy (non-hydrogen) atoms. The minimum atomic E-state index is -4.18. The third-order valence-corrected chi connectivity index (χ3v) is 8.70. The first-order valence-electron chi connectivity index (χ1n) is 15.2. The van der Waals surface area contributed by atoms with Crippen LogP contribution in [0.2, 0.25) is 0 Å². The number of aliphatic imine (C=N–C) groups is 1. The summed E-state index contributed by atoms with van der Waals surface area (Å²) in [6, 6.07) is 1.17. The first-order valence-corrected chi connectivity index (χ1v) is 17.0. The molecular formula is C32H48N3O11P. The molecule has 2 rings (SSSR count). The Bertz CT molecular complexity index is 1420. The molecule has 0 radical (unpaired) electrons. The zero-order valence-corrected chi connectivity index (χ0v) is 28.5. The van der Waals surface area contributed by atoms with Gasteiger partial charge in [-0.15, -0.1) is 0 Å². The van der Waals surface area contributed by atoms with Gasteiger partial charge in [-0.05, 0) is 51.0 Å². The molecule has 0 aliphatic carbocycles. The second-order valence-corrected chi connectivity index (χ2v) is 13.6. The Kier molecular flexibility index (Phi) is 15.3. The van der Waals surface area contributed by atoms with Gasteiger partial charge in [0.2, 0.25) is 0 Å². The van der Waals surface area contributed by atoms with E-state index in [0.717, 1.165) is 0 Å². The highest BCUT2D eigenvalue weighted by molar-refractivity contribution is 7.51. The fourth-order valence-electron chi connectivity index (χ4n) is 5.28. The molecule has 0 fully saturated rings. The normalized spacial score (nSPS) is 25.3. The number of benzene rings is 1. The van der Waals surface area contributed by atoms with Crippen LogP contribution in [0, 0.1) is 11.8 Å². The van der Waals surface area contributed by atoms with Gasteiger partial charge in [0.1, 0.15) is 23.3 Å². The predicted octanol–water partition coefficient (Wildman–Crippen LogP) is 4.22. The monoisotopic (exact) mass is 681 g/mol. The van der Waals surface area contributed by atoms with Crippen LogP contribution in [0.5, 0.6) is 11.5 Å². The molecule has 1 aliphatic heterocycles. The van der Waals surface area contributed by atoms with E-state index in [1.165, 1.54) is 45.6 Å². The van der Waals surface area contributed by atoms with E-state index >= 15 is 0 Å². The van der Waals surface area contributed by atoms with Crippen LogP contribution in [-0.4, -0.2) is 88.1 Å². The predicted molar refractivity (Wildman–Crippen MR) is 178 cm³/mol. The maximum absolute atomic E-state index is 13.1. The molecule has 1 aliphatic rings. The Morgan fingerprint density at radius 3 is 2.47 bits per heavy atom. The number of anilines is 1. The number of rotatable bonds is 8. The molecule has 262 valence electrons. The number of primary amides is 1. The standard InChI is InChI=1S/C32H48N3O11P/c1-18-14-22-27(34-12-7-8-13-47(41,42)43)24(36)17-23(29(22)38)35-31(39)19(2)10-9-11-25(44-5)30(46-32(33)40)21(4)16-20(3)28(37)26(15-18)45-6/h9-12,16-18,20,25-26,28,30,36-38H,7-8,13-15H2,1-6H3,(H2,33,40)(H,35,39)(H2,41,42,43)/t18-,20+,25+,26+,28-,30+/m1/s1. The minimum absolute atomic E-state index is 0.0390. The number of nitrogens with one attached hydrogen (secondary N) is 1. The number of carbonyl (C=O) groups is 2. The van der Waals surface area contributed by atoms with Crippen molar-refractivity contribution >= 4 is 37.2 Å². The summed E-state index contributed by atoms with van der Waals surface area (Å²) >= 11 is 0. The van der Waals surface area contributed by atoms with Gasteiger partial charge >= 0.3 is 13.7 Å². The quantitative estimate of drug-likeness (QED) is 0.0513. The maximum atomic E-state index is 13.1. The number of nitrogens with two attached hydrogens (primary N) is 1. The Hall–Kier alpha value is -3.52. The van der Waals surface area contributed by atoms with E-state index in [1.54, 1.807) is 26.0 Å². The Labute approximate surface area is 275 Å². The highest BCUT2D eigenvalue weighted by Gasteiger charge is 2.30. The lowest BCUT2D eigenvalue weighted by Gasteiger charge is -2.29. The number of allylic oxidation sites excluding steroid dienone is 2. The Morgan fingerprint density at radius 1 is 1.19 bits per heavy atom. The van der Waals surface area contributed by atoms with E-state index in [4.69, 9.17) is 29.7 Å². The summed E-state index contributed by atoms with van der Waals surface area (Å²) in [4.78, 5) is 47.4. The van der Waals surface area contributed by atoms with E-state index in [9.17, 15) is 29.5 Å². The molecule has 0 aromatic heterocycles. The van der Waals surface area contributed by atoms with Crippen LogP contribution >= 0.6 is 7.60 Å². The number of methoxy groups -OCH3 is 2. The van der Waals surface area contributed by atoms with Gasteiger partial charge in [0, 0.05) is 43.6 Å². The summed E-state index contributed by atoms with van der Waals surface area (Å²) in [5.41, 5.74) is 6.34. The van der Waals surface area contributed by atoms with Crippen molar-refractivity contribution < 1.29 is 53.5 Å². The number of hydrogen-bond acceptors (Lipinski definition) is 10. The van der Waals surface area contributed by atoms with Crippen LogP contribution in [0.4, 0.5) is 16.2 Å². The molecule has 1 aromatic carbocycles. The zero-order chi connectivity index (χ0) is 35.5. The molecule has 1 aromatic rings. The van der Waals surface area contributed by atoms with Crippen molar-refractivity contribution in [2.24, 2.45) is 22.6 Å². The Morgan fingerprint density at radius 2 is 1.87 bits per heavy atom. The lowest BCUT2D eigenvalue weighted by atomic mass is 9.87.